The zero-order valence-electron chi connectivity index (χ0n) is 11.2. The van der Waals surface area contributed by atoms with Gasteiger partial charge in [0.15, 0.2) is 11.5 Å². The van der Waals surface area contributed by atoms with Gasteiger partial charge in [-0.25, -0.2) is 4.79 Å². The minimum atomic E-state index is -0.944. The van der Waals surface area contributed by atoms with Gasteiger partial charge in [-0.05, 0) is 12.1 Å². The Morgan fingerprint density at radius 2 is 1.61 bits per heavy atom. The second-order valence-electron chi connectivity index (χ2n) is 3.89. The van der Waals surface area contributed by atoms with Crippen LogP contribution in [0, 0.1) is 0 Å². The van der Waals surface area contributed by atoms with Gasteiger partial charge in [-0.1, -0.05) is 63.2 Å². The molecule has 0 amide bonds. The predicted octanol–water partition coefficient (Wildman–Crippen LogP) is 5.50. The van der Waals surface area contributed by atoms with Crippen molar-refractivity contribution in [3.8, 4) is 5.75 Å². The van der Waals surface area contributed by atoms with Crippen molar-refractivity contribution >= 4 is 69.7 Å². The molecule has 0 spiro atoms. The molecule has 1 heterocycles. The van der Waals surface area contributed by atoms with Crippen LogP contribution in [0.2, 0.25) is 25.1 Å². The Kier molecular flexibility index (Phi) is 6.06. The van der Waals surface area contributed by atoms with E-state index in [4.69, 9.17) is 67.2 Å². The summed E-state index contributed by atoms with van der Waals surface area (Å²) in [6, 6.07) is 3.05. The average Bonchev–Trinajstić information content (AvgIpc) is 3.06. The van der Waals surface area contributed by atoms with E-state index in [9.17, 15) is 4.79 Å². The summed E-state index contributed by atoms with van der Waals surface area (Å²) in [4.78, 5) is 16.9. The van der Waals surface area contributed by atoms with E-state index in [2.05, 4.69) is 9.99 Å². The molecule has 0 saturated carbocycles. The number of hydrogen-bond acceptors (Lipinski definition) is 5. The number of halogens is 5. The Labute approximate surface area is 155 Å². The first-order valence-electron chi connectivity index (χ1n) is 5.77. The van der Waals surface area contributed by atoms with E-state index in [1.54, 1.807) is 6.07 Å². The fraction of sp³-hybridized carbons (Fsp3) is 0.0769. The van der Waals surface area contributed by atoms with Crippen LogP contribution in [0.1, 0.15) is 5.76 Å². The molecule has 0 radical (unpaired) electrons. The molecule has 0 atom stereocenters. The number of hydrogen-bond donors (Lipinski definition) is 0. The lowest BCUT2D eigenvalue weighted by atomic mass is 10.3. The van der Waals surface area contributed by atoms with Gasteiger partial charge in [0.25, 0.3) is 0 Å². The Balaban J connectivity index is 2.43. The summed E-state index contributed by atoms with van der Waals surface area (Å²) < 4.78 is 10.2. The van der Waals surface area contributed by atoms with Gasteiger partial charge in [0, 0.05) is 0 Å². The lowest BCUT2D eigenvalue weighted by Gasteiger charge is -2.12. The van der Waals surface area contributed by atoms with Gasteiger partial charge in [-0.15, -0.1) is 0 Å². The highest BCUT2D eigenvalue weighted by Gasteiger charge is 2.26. The first kappa shape index (κ1) is 18.2. The van der Waals surface area contributed by atoms with Crippen molar-refractivity contribution in [3.63, 3.8) is 0 Å². The molecule has 0 aliphatic heterocycles. The zero-order valence-corrected chi connectivity index (χ0v) is 15.0. The van der Waals surface area contributed by atoms with Gasteiger partial charge in [-0.3, -0.25) is 0 Å². The van der Waals surface area contributed by atoms with Crippen molar-refractivity contribution in [1.82, 2.24) is 0 Å². The average molecular weight is 417 g/mol. The third-order valence-electron chi connectivity index (χ3n) is 2.49. The van der Waals surface area contributed by atoms with Crippen LogP contribution in [0.5, 0.6) is 5.75 Å². The monoisotopic (exact) mass is 415 g/mol. The fourth-order valence-corrected chi connectivity index (χ4v) is 2.70. The van der Waals surface area contributed by atoms with Gasteiger partial charge in [0.05, 0.1) is 21.3 Å². The number of benzene rings is 1. The molecule has 1 aromatic carbocycles. The molecule has 23 heavy (non-hydrogen) atoms. The highest BCUT2D eigenvalue weighted by atomic mass is 35.5. The number of carbonyl (C=O) groups excluding carboxylic acids is 1. The van der Waals surface area contributed by atoms with Crippen molar-refractivity contribution < 1.29 is 18.8 Å². The Bertz CT molecular complexity index is 744. The molecule has 0 unspecified atom stereocenters. The summed E-state index contributed by atoms with van der Waals surface area (Å²) in [5.74, 6) is -1.08. The Hall–Kier alpha value is -1.11. The van der Waals surface area contributed by atoms with E-state index in [0.717, 1.165) is 0 Å². The maximum Gasteiger partial charge on any atom is 0.369 e. The molecule has 0 saturated heterocycles. The molecule has 1 aromatic heterocycles. The van der Waals surface area contributed by atoms with E-state index in [-0.39, 0.29) is 42.3 Å². The molecule has 2 aromatic rings. The standard InChI is InChI=1S/C13H6Cl5NO4/c1-21-19-11(5-3-2-4-22-5)13(20)23-12-9(17)7(15)6(14)8(16)10(12)18/h2-4H,1H3/b19-11+. The number of ether oxygens (including phenoxy) is 1. The molecule has 5 nitrogen and oxygen atoms in total. The lowest BCUT2D eigenvalue weighted by Crippen LogP contribution is -2.22. The van der Waals surface area contributed by atoms with Gasteiger partial charge >= 0.3 is 5.97 Å². The molecule has 0 bridgehead atoms. The van der Waals surface area contributed by atoms with E-state index in [1.165, 1.54) is 19.4 Å². The van der Waals surface area contributed by atoms with Crippen molar-refractivity contribution in [1.29, 1.82) is 0 Å². The molecule has 0 aliphatic carbocycles. The van der Waals surface area contributed by atoms with Crippen LogP contribution >= 0.6 is 58.0 Å². The summed E-state index contributed by atoms with van der Waals surface area (Å²) in [6.07, 6.45) is 1.35. The molecule has 2 rings (SSSR count). The quantitative estimate of drug-likeness (QED) is 0.165. The van der Waals surface area contributed by atoms with Crippen LogP contribution in [-0.4, -0.2) is 18.8 Å². The number of oxime groups is 1. The minimum Gasteiger partial charge on any atom is -0.462 e. The third-order valence-corrected chi connectivity index (χ3v) is 4.74. The number of rotatable bonds is 4. The highest BCUT2D eigenvalue weighted by molar-refractivity contribution is 6.56. The highest BCUT2D eigenvalue weighted by Crippen LogP contribution is 2.48. The molecular formula is C13H6Cl5NO4. The summed E-state index contributed by atoms with van der Waals surface area (Å²) in [6.45, 7) is 0. The van der Waals surface area contributed by atoms with Crippen LogP contribution in [0.25, 0.3) is 0 Å². The first-order valence-corrected chi connectivity index (χ1v) is 7.66. The van der Waals surface area contributed by atoms with Crippen molar-refractivity contribution in [2.45, 2.75) is 0 Å². The topological polar surface area (TPSA) is 61.0 Å². The maximum atomic E-state index is 12.3. The van der Waals surface area contributed by atoms with Crippen molar-refractivity contribution in [2.24, 2.45) is 5.16 Å². The normalized spacial score (nSPS) is 11.5. The van der Waals surface area contributed by atoms with Crippen LogP contribution in [0.4, 0.5) is 0 Å². The van der Waals surface area contributed by atoms with Crippen LogP contribution in [-0.2, 0) is 9.63 Å². The SMILES string of the molecule is CO/N=C(/C(=O)Oc1c(Cl)c(Cl)c(Cl)c(Cl)c1Cl)c1ccco1. The van der Waals surface area contributed by atoms with Crippen LogP contribution in [0.3, 0.4) is 0 Å². The predicted molar refractivity (Wildman–Crippen MR) is 89.4 cm³/mol. The molecule has 0 N–H and O–H groups in total. The molecule has 0 fully saturated rings. The van der Waals surface area contributed by atoms with Gasteiger partial charge in [0.1, 0.15) is 17.2 Å². The molecular weight excluding hydrogens is 411 g/mol. The summed E-state index contributed by atoms with van der Waals surface area (Å²) in [7, 11) is 1.26. The van der Waals surface area contributed by atoms with E-state index in [1.807, 2.05) is 0 Å². The summed E-state index contributed by atoms with van der Waals surface area (Å²) >= 11 is 29.7. The Morgan fingerprint density at radius 1 is 1.04 bits per heavy atom. The summed E-state index contributed by atoms with van der Waals surface area (Å²) in [5.41, 5.74) is -0.244. The summed E-state index contributed by atoms with van der Waals surface area (Å²) in [5, 5.41) is 2.95. The van der Waals surface area contributed by atoms with Crippen molar-refractivity contribution in [2.75, 3.05) is 7.11 Å². The van der Waals surface area contributed by atoms with E-state index in [0.29, 0.717) is 0 Å². The van der Waals surface area contributed by atoms with Crippen molar-refractivity contribution in [3.05, 3.63) is 49.3 Å². The van der Waals surface area contributed by atoms with Gasteiger partial charge < -0.3 is 14.0 Å². The number of esters is 1. The minimum absolute atomic E-state index is 0.0556. The smallest absolute Gasteiger partial charge is 0.369 e. The van der Waals surface area contributed by atoms with Crippen LogP contribution < -0.4 is 4.74 Å². The number of nitrogens with zero attached hydrogens (tertiary/aromatic N) is 1. The zero-order chi connectivity index (χ0) is 17.1. The fourth-order valence-electron chi connectivity index (χ4n) is 1.50. The second-order valence-corrected chi connectivity index (χ2v) is 5.78. The molecule has 0 aliphatic rings. The second kappa shape index (κ2) is 7.64. The van der Waals surface area contributed by atoms with Crippen LogP contribution in [0.15, 0.2) is 28.0 Å². The van der Waals surface area contributed by atoms with Gasteiger partial charge in [0.2, 0.25) is 5.71 Å². The largest absolute Gasteiger partial charge is 0.462 e. The third kappa shape index (κ3) is 3.70. The molecule has 10 heteroatoms. The lowest BCUT2D eigenvalue weighted by molar-refractivity contribution is -0.127. The maximum absolute atomic E-state index is 12.3. The molecule has 122 valence electrons. The Morgan fingerprint density at radius 3 is 2.09 bits per heavy atom. The first-order chi connectivity index (χ1) is 10.9. The number of carbonyl (C=O) groups is 1. The van der Waals surface area contributed by atoms with E-state index >= 15 is 0 Å². The van der Waals surface area contributed by atoms with E-state index < -0.39 is 5.97 Å². The van der Waals surface area contributed by atoms with Gasteiger partial charge in [-0.2, -0.15) is 0 Å². The number of furan rings is 1.